The summed E-state index contributed by atoms with van der Waals surface area (Å²) in [5, 5.41) is 0. The molecule has 1 rings (SSSR count). The van der Waals surface area contributed by atoms with Gasteiger partial charge < -0.3 is 0 Å². The lowest BCUT2D eigenvalue weighted by molar-refractivity contribution is 0.0978. The molecule has 100 valence electrons. The van der Waals surface area contributed by atoms with E-state index < -0.39 is 0 Å². The number of rotatable bonds is 8. The Balaban J connectivity index is 2.32. The monoisotopic (exact) mass is 362 g/mol. The van der Waals surface area contributed by atoms with Gasteiger partial charge in [0, 0.05) is 15.6 Å². The first-order valence-electron chi connectivity index (χ1n) is 6.63. The lowest BCUT2D eigenvalue weighted by Gasteiger charge is -2.04. The Hall–Kier alpha value is -0.450. The van der Waals surface area contributed by atoms with Crippen LogP contribution in [0.2, 0.25) is 0 Å². The van der Waals surface area contributed by atoms with E-state index in [0.29, 0.717) is 15.6 Å². The Kier molecular flexibility index (Phi) is 7.47. The minimum absolute atomic E-state index is 0.134. The Bertz CT molecular complexity index is 390. The Labute approximate surface area is 122 Å². The molecule has 1 aromatic carbocycles. The maximum absolute atomic E-state index is 12.9. The molecule has 0 N–H and O–H groups in total. The van der Waals surface area contributed by atoms with Crippen LogP contribution in [0.3, 0.4) is 0 Å². The van der Waals surface area contributed by atoms with Gasteiger partial charge in [0.1, 0.15) is 5.82 Å². The summed E-state index contributed by atoms with van der Waals surface area (Å²) in [6.45, 7) is 2.19. The topological polar surface area (TPSA) is 17.1 Å². The molecule has 0 amide bonds. The van der Waals surface area contributed by atoms with Crippen LogP contribution in [0.15, 0.2) is 18.2 Å². The molecule has 0 aliphatic carbocycles. The van der Waals surface area contributed by atoms with Crippen molar-refractivity contribution in [3.05, 3.63) is 33.1 Å². The number of carbonyl (C=O) groups excluding carboxylic acids is 1. The van der Waals surface area contributed by atoms with E-state index >= 15 is 0 Å². The minimum atomic E-state index is -0.282. The van der Waals surface area contributed by atoms with Gasteiger partial charge in [-0.2, -0.15) is 0 Å². The van der Waals surface area contributed by atoms with Crippen molar-refractivity contribution in [3.63, 3.8) is 0 Å². The number of ketones is 1. The average Bonchev–Trinajstić information content (AvgIpc) is 2.33. The van der Waals surface area contributed by atoms with Gasteiger partial charge in [-0.25, -0.2) is 4.39 Å². The second kappa shape index (κ2) is 8.62. The van der Waals surface area contributed by atoms with Crippen molar-refractivity contribution >= 4 is 28.4 Å². The van der Waals surface area contributed by atoms with Crippen LogP contribution in [-0.2, 0) is 0 Å². The summed E-state index contributed by atoms with van der Waals surface area (Å²) < 4.78 is 13.6. The lowest BCUT2D eigenvalue weighted by Crippen LogP contribution is -2.02. The molecule has 0 saturated carbocycles. The fraction of sp³-hybridized carbons (Fsp3) is 0.533. The predicted molar refractivity (Wildman–Crippen MR) is 81.4 cm³/mol. The molecule has 0 spiro atoms. The number of hydrogen-bond donors (Lipinski definition) is 0. The van der Waals surface area contributed by atoms with Crippen molar-refractivity contribution in [2.45, 2.75) is 51.9 Å². The number of Topliss-reactive ketones (excluding diaryl/α,β-unsaturated/α-hetero) is 1. The molecule has 0 saturated heterocycles. The number of hydrogen-bond acceptors (Lipinski definition) is 1. The van der Waals surface area contributed by atoms with Crippen LogP contribution in [-0.4, -0.2) is 5.78 Å². The smallest absolute Gasteiger partial charge is 0.163 e. The quantitative estimate of drug-likeness (QED) is 0.346. The highest BCUT2D eigenvalue weighted by atomic mass is 127. The maximum Gasteiger partial charge on any atom is 0.163 e. The summed E-state index contributed by atoms with van der Waals surface area (Å²) in [5.41, 5.74) is 0.658. The second-order valence-corrected chi connectivity index (χ2v) is 5.73. The third kappa shape index (κ3) is 5.46. The minimum Gasteiger partial charge on any atom is -0.294 e. The van der Waals surface area contributed by atoms with E-state index in [1.807, 2.05) is 22.6 Å². The normalized spacial score (nSPS) is 10.6. The second-order valence-electron chi connectivity index (χ2n) is 4.57. The maximum atomic E-state index is 12.9. The fourth-order valence-corrected chi connectivity index (χ4v) is 2.69. The number of carbonyl (C=O) groups is 1. The number of unbranched alkanes of at least 4 members (excludes halogenated alkanes) is 5. The van der Waals surface area contributed by atoms with E-state index in [1.165, 1.54) is 37.8 Å². The van der Waals surface area contributed by atoms with Gasteiger partial charge in [0.25, 0.3) is 0 Å². The molecule has 18 heavy (non-hydrogen) atoms. The SMILES string of the molecule is CCCCCCCCC(=O)c1ccc(F)cc1I. The van der Waals surface area contributed by atoms with Crippen molar-refractivity contribution in [1.29, 1.82) is 0 Å². The average molecular weight is 362 g/mol. The molecule has 0 heterocycles. The van der Waals surface area contributed by atoms with E-state index in [1.54, 1.807) is 6.07 Å². The highest BCUT2D eigenvalue weighted by Gasteiger charge is 2.10. The third-order valence-electron chi connectivity index (χ3n) is 2.99. The van der Waals surface area contributed by atoms with Gasteiger partial charge in [-0.3, -0.25) is 4.79 Å². The zero-order chi connectivity index (χ0) is 13.4. The molecule has 0 atom stereocenters. The molecule has 1 aromatic rings. The van der Waals surface area contributed by atoms with Crippen LogP contribution >= 0.6 is 22.6 Å². The van der Waals surface area contributed by atoms with Crippen LogP contribution in [0.5, 0.6) is 0 Å². The largest absolute Gasteiger partial charge is 0.294 e. The lowest BCUT2D eigenvalue weighted by atomic mass is 10.0. The number of benzene rings is 1. The highest BCUT2D eigenvalue weighted by molar-refractivity contribution is 14.1. The van der Waals surface area contributed by atoms with Crippen LogP contribution in [0.25, 0.3) is 0 Å². The van der Waals surface area contributed by atoms with E-state index in [4.69, 9.17) is 0 Å². The number of halogens is 2. The first-order chi connectivity index (χ1) is 8.65. The van der Waals surface area contributed by atoms with E-state index in [9.17, 15) is 9.18 Å². The van der Waals surface area contributed by atoms with Gasteiger partial charge in [0.15, 0.2) is 5.78 Å². The van der Waals surface area contributed by atoms with Crippen molar-refractivity contribution in [2.75, 3.05) is 0 Å². The van der Waals surface area contributed by atoms with Gasteiger partial charge in [-0.15, -0.1) is 0 Å². The highest BCUT2D eigenvalue weighted by Crippen LogP contribution is 2.17. The summed E-state index contributed by atoms with van der Waals surface area (Å²) >= 11 is 2.02. The summed E-state index contributed by atoms with van der Waals surface area (Å²) in [6.07, 6.45) is 7.63. The first-order valence-corrected chi connectivity index (χ1v) is 7.71. The zero-order valence-electron chi connectivity index (χ0n) is 10.8. The summed E-state index contributed by atoms with van der Waals surface area (Å²) in [4.78, 5) is 11.9. The molecule has 0 aromatic heterocycles. The van der Waals surface area contributed by atoms with Gasteiger partial charge >= 0.3 is 0 Å². The van der Waals surface area contributed by atoms with Gasteiger partial charge in [-0.05, 0) is 47.2 Å². The molecule has 0 bridgehead atoms. The van der Waals surface area contributed by atoms with Crippen molar-refractivity contribution < 1.29 is 9.18 Å². The summed E-state index contributed by atoms with van der Waals surface area (Å²) in [6, 6.07) is 4.36. The molecule has 0 fully saturated rings. The molecular weight excluding hydrogens is 342 g/mol. The molecule has 0 aliphatic rings. The van der Waals surface area contributed by atoms with Gasteiger partial charge in [-0.1, -0.05) is 39.0 Å². The Morgan fingerprint density at radius 2 is 1.83 bits per heavy atom. The first kappa shape index (κ1) is 15.6. The van der Waals surface area contributed by atoms with Crippen LogP contribution in [0, 0.1) is 9.39 Å². The fourth-order valence-electron chi connectivity index (χ4n) is 1.92. The third-order valence-corrected chi connectivity index (χ3v) is 3.88. The molecule has 0 unspecified atom stereocenters. The van der Waals surface area contributed by atoms with E-state index in [-0.39, 0.29) is 11.6 Å². The van der Waals surface area contributed by atoms with Crippen LogP contribution in [0.4, 0.5) is 4.39 Å². The summed E-state index contributed by atoms with van der Waals surface area (Å²) in [5.74, 6) is -0.148. The van der Waals surface area contributed by atoms with Crippen molar-refractivity contribution in [2.24, 2.45) is 0 Å². The predicted octanol–water partition coefficient (Wildman–Crippen LogP) is 5.36. The zero-order valence-corrected chi connectivity index (χ0v) is 13.0. The molecule has 1 nitrogen and oxygen atoms in total. The van der Waals surface area contributed by atoms with E-state index in [2.05, 4.69) is 6.92 Å². The molecule has 3 heteroatoms. The summed E-state index contributed by atoms with van der Waals surface area (Å²) in [7, 11) is 0. The Morgan fingerprint density at radius 3 is 2.50 bits per heavy atom. The van der Waals surface area contributed by atoms with Crippen LogP contribution in [0.1, 0.15) is 62.2 Å². The van der Waals surface area contributed by atoms with Gasteiger partial charge in [0.2, 0.25) is 0 Å². The molecular formula is C15H20FIO. The molecule has 0 aliphatic heterocycles. The van der Waals surface area contributed by atoms with E-state index in [0.717, 1.165) is 12.8 Å². The van der Waals surface area contributed by atoms with Gasteiger partial charge in [0.05, 0.1) is 0 Å². The Morgan fingerprint density at radius 1 is 1.17 bits per heavy atom. The molecule has 0 radical (unpaired) electrons. The van der Waals surface area contributed by atoms with Crippen molar-refractivity contribution in [1.82, 2.24) is 0 Å². The standard InChI is InChI=1S/C15H20FIO/c1-2-3-4-5-6-7-8-15(18)13-10-9-12(16)11-14(13)17/h9-11H,2-8H2,1H3. The van der Waals surface area contributed by atoms with Crippen molar-refractivity contribution in [3.8, 4) is 0 Å². The van der Waals surface area contributed by atoms with Crippen LogP contribution < -0.4 is 0 Å².